The maximum atomic E-state index is 13.0. The predicted molar refractivity (Wildman–Crippen MR) is 103 cm³/mol. The number of nitrogens with zero attached hydrogens (tertiary/aromatic N) is 3. The Morgan fingerprint density at radius 2 is 1.83 bits per heavy atom. The Labute approximate surface area is 173 Å². The molecule has 1 saturated heterocycles. The van der Waals surface area contributed by atoms with Gasteiger partial charge in [0, 0.05) is 37.0 Å². The Morgan fingerprint density at radius 1 is 1.10 bits per heavy atom. The van der Waals surface area contributed by atoms with Crippen LogP contribution in [0.15, 0.2) is 24.3 Å². The van der Waals surface area contributed by atoms with Crippen LogP contribution >= 0.6 is 0 Å². The van der Waals surface area contributed by atoms with Crippen LogP contribution in [0.2, 0.25) is 0 Å². The number of ether oxygens (including phenoxy) is 3. The smallest absolute Gasteiger partial charge is 0.433 e. The summed E-state index contributed by atoms with van der Waals surface area (Å²) in [6.07, 6.45) is -3.18. The molecule has 0 bridgehead atoms. The first-order chi connectivity index (χ1) is 14.3. The van der Waals surface area contributed by atoms with Crippen molar-refractivity contribution in [1.82, 2.24) is 14.9 Å². The number of hydrogen-bond acceptors (Lipinski definition) is 6. The number of fused-ring (bicyclic) bond motifs is 1. The molecule has 2 aliphatic rings. The quantitative estimate of drug-likeness (QED) is 0.736. The van der Waals surface area contributed by atoms with Crippen molar-refractivity contribution >= 4 is 0 Å². The van der Waals surface area contributed by atoms with Crippen molar-refractivity contribution in [3.8, 4) is 17.4 Å². The zero-order chi connectivity index (χ0) is 21.3. The third-order valence-electron chi connectivity index (χ3n) is 5.40. The summed E-state index contributed by atoms with van der Waals surface area (Å²) in [7, 11) is 0. The molecule has 0 amide bonds. The van der Waals surface area contributed by atoms with Gasteiger partial charge in [-0.15, -0.1) is 0 Å². The number of aromatic nitrogens is 2. The third-order valence-corrected chi connectivity index (χ3v) is 5.40. The van der Waals surface area contributed by atoms with E-state index in [4.69, 9.17) is 14.2 Å². The fourth-order valence-electron chi connectivity index (χ4n) is 3.79. The predicted octanol–water partition coefficient (Wildman–Crippen LogP) is 4.18. The van der Waals surface area contributed by atoms with Crippen LogP contribution in [0.5, 0.6) is 17.4 Å². The van der Waals surface area contributed by atoms with Gasteiger partial charge in [0.1, 0.15) is 30.8 Å². The van der Waals surface area contributed by atoms with E-state index < -0.39 is 11.9 Å². The summed E-state index contributed by atoms with van der Waals surface area (Å²) in [6.45, 7) is 6.16. The number of likely N-dealkylation sites (tertiary alicyclic amines) is 1. The number of rotatable bonds is 4. The zero-order valence-corrected chi connectivity index (χ0v) is 16.9. The molecule has 6 nitrogen and oxygen atoms in total. The Bertz CT molecular complexity index is 899. The van der Waals surface area contributed by atoms with Crippen molar-refractivity contribution in [2.24, 2.45) is 0 Å². The molecule has 2 aromatic rings. The van der Waals surface area contributed by atoms with Gasteiger partial charge in [0.05, 0.1) is 5.69 Å². The average Bonchev–Trinajstić information content (AvgIpc) is 2.72. The highest BCUT2D eigenvalue weighted by molar-refractivity contribution is 5.36. The minimum absolute atomic E-state index is 0.0850. The fraction of sp³-hybridized carbons (Fsp3) is 0.524. The van der Waals surface area contributed by atoms with E-state index in [9.17, 15) is 13.2 Å². The number of alkyl halides is 3. The van der Waals surface area contributed by atoms with E-state index in [0.717, 1.165) is 37.7 Å². The zero-order valence-electron chi connectivity index (χ0n) is 16.9. The molecule has 1 fully saturated rings. The van der Waals surface area contributed by atoms with E-state index in [1.807, 2.05) is 12.1 Å². The molecule has 0 aliphatic carbocycles. The molecule has 0 radical (unpaired) electrons. The Hall–Kier alpha value is -2.55. The Balaban J connectivity index is 1.37. The van der Waals surface area contributed by atoms with Crippen LogP contribution in [0, 0.1) is 6.92 Å². The van der Waals surface area contributed by atoms with E-state index in [1.54, 1.807) is 6.07 Å². The summed E-state index contributed by atoms with van der Waals surface area (Å²) in [4.78, 5) is 10.4. The molecule has 2 aromatic heterocycles. The lowest BCUT2D eigenvalue weighted by molar-refractivity contribution is -0.141. The molecular formula is C21H24F3N3O3. The van der Waals surface area contributed by atoms with Crippen molar-refractivity contribution in [2.45, 2.75) is 45.0 Å². The van der Waals surface area contributed by atoms with Gasteiger partial charge in [-0.25, -0.2) is 9.97 Å². The van der Waals surface area contributed by atoms with Crippen molar-refractivity contribution in [3.63, 3.8) is 0 Å². The fourth-order valence-corrected chi connectivity index (χ4v) is 3.79. The van der Waals surface area contributed by atoms with Crippen LogP contribution in [0.1, 0.15) is 42.9 Å². The third kappa shape index (κ3) is 4.61. The van der Waals surface area contributed by atoms with E-state index in [2.05, 4.69) is 21.8 Å². The maximum absolute atomic E-state index is 13.0. The molecule has 0 saturated carbocycles. The summed E-state index contributed by atoms with van der Waals surface area (Å²) in [5.74, 6) is 1.40. The molecule has 30 heavy (non-hydrogen) atoms. The highest BCUT2D eigenvalue weighted by Crippen LogP contribution is 2.33. The normalized spacial score (nSPS) is 18.8. The van der Waals surface area contributed by atoms with Gasteiger partial charge in [0.2, 0.25) is 0 Å². The molecule has 4 heterocycles. The highest BCUT2D eigenvalue weighted by Gasteiger charge is 2.34. The lowest BCUT2D eigenvalue weighted by Crippen LogP contribution is -2.39. The minimum atomic E-state index is -4.49. The average molecular weight is 423 g/mol. The summed E-state index contributed by atoms with van der Waals surface area (Å²) in [6, 6.07) is 6.43. The lowest BCUT2D eigenvalue weighted by Gasteiger charge is -2.36. The highest BCUT2D eigenvalue weighted by atomic mass is 19.4. The molecule has 4 rings (SSSR count). The summed E-state index contributed by atoms with van der Waals surface area (Å²) in [5, 5.41) is 0. The van der Waals surface area contributed by atoms with E-state index >= 15 is 0 Å². The molecule has 2 aliphatic heterocycles. The number of pyridine rings is 2. The molecule has 0 unspecified atom stereocenters. The van der Waals surface area contributed by atoms with Crippen molar-refractivity contribution < 1.29 is 27.4 Å². The van der Waals surface area contributed by atoms with Gasteiger partial charge in [-0.2, -0.15) is 13.2 Å². The van der Waals surface area contributed by atoms with Gasteiger partial charge in [-0.3, -0.25) is 4.90 Å². The summed E-state index contributed by atoms with van der Waals surface area (Å²) >= 11 is 0. The SMILES string of the molecule is Cc1cc(OC2CCN([C@@H](C)c3ccc4c(n3)OCCO4)CC2)cc(C(F)(F)F)n1. The Kier molecular flexibility index (Phi) is 5.73. The van der Waals surface area contributed by atoms with Crippen LogP contribution in [0.25, 0.3) is 0 Å². The van der Waals surface area contributed by atoms with Crippen molar-refractivity contribution in [1.29, 1.82) is 0 Å². The number of aryl methyl sites for hydroxylation is 1. The molecule has 162 valence electrons. The van der Waals surface area contributed by atoms with Crippen LogP contribution in [0.4, 0.5) is 13.2 Å². The number of piperidine rings is 1. The van der Waals surface area contributed by atoms with Gasteiger partial charge < -0.3 is 14.2 Å². The second-order valence-electron chi connectivity index (χ2n) is 7.59. The summed E-state index contributed by atoms with van der Waals surface area (Å²) < 4.78 is 55.9. The topological polar surface area (TPSA) is 56.7 Å². The van der Waals surface area contributed by atoms with Gasteiger partial charge in [-0.05, 0) is 38.8 Å². The monoisotopic (exact) mass is 423 g/mol. The van der Waals surface area contributed by atoms with Gasteiger partial charge >= 0.3 is 6.18 Å². The van der Waals surface area contributed by atoms with Crippen LogP contribution in [-0.4, -0.2) is 47.3 Å². The first-order valence-corrected chi connectivity index (χ1v) is 10.0. The van der Waals surface area contributed by atoms with Crippen LogP contribution < -0.4 is 14.2 Å². The molecule has 9 heteroatoms. The summed E-state index contributed by atoms with van der Waals surface area (Å²) in [5.41, 5.74) is 0.266. The number of hydrogen-bond donors (Lipinski definition) is 0. The minimum Gasteiger partial charge on any atom is -0.490 e. The largest absolute Gasteiger partial charge is 0.490 e. The standard InChI is InChI=1S/C21H24F3N3O3/c1-13-11-16(12-19(25-13)21(22,23)24)30-15-5-7-27(8-6-15)14(2)17-3-4-18-20(26-17)29-10-9-28-18/h3-4,11-12,14-15H,5-10H2,1-2H3/t14-/m0/s1. The van der Waals surface area contributed by atoms with Crippen molar-refractivity contribution in [3.05, 3.63) is 41.3 Å². The van der Waals surface area contributed by atoms with Crippen LogP contribution in [0.3, 0.4) is 0 Å². The van der Waals surface area contributed by atoms with E-state index in [1.165, 1.54) is 6.92 Å². The van der Waals surface area contributed by atoms with E-state index in [0.29, 0.717) is 24.8 Å². The van der Waals surface area contributed by atoms with Gasteiger partial charge in [0.25, 0.3) is 5.88 Å². The molecule has 0 N–H and O–H groups in total. The van der Waals surface area contributed by atoms with Gasteiger partial charge in [-0.1, -0.05) is 0 Å². The van der Waals surface area contributed by atoms with Crippen LogP contribution in [-0.2, 0) is 6.18 Å². The lowest BCUT2D eigenvalue weighted by atomic mass is 10.0. The molecule has 1 atom stereocenters. The first kappa shape index (κ1) is 20.7. The number of halogens is 3. The van der Waals surface area contributed by atoms with E-state index in [-0.39, 0.29) is 23.6 Å². The first-order valence-electron chi connectivity index (χ1n) is 10.0. The second kappa shape index (κ2) is 8.29. The molecule has 0 aromatic carbocycles. The molecular weight excluding hydrogens is 399 g/mol. The van der Waals surface area contributed by atoms with Gasteiger partial charge in [0.15, 0.2) is 5.75 Å². The Morgan fingerprint density at radius 3 is 2.57 bits per heavy atom. The molecule has 0 spiro atoms. The maximum Gasteiger partial charge on any atom is 0.433 e. The van der Waals surface area contributed by atoms with Crippen molar-refractivity contribution in [2.75, 3.05) is 26.3 Å². The second-order valence-corrected chi connectivity index (χ2v) is 7.59.